The summed E-state index contributed by atoms with van der Waals surface area (Å²) in [5.74, 6) is -0.348. The Morgan fingerprint density at radius 2 is 2.14 bits per heavy atom. The lowest BCUT2D eigenvalue weighted by atomic mass is 10.2. The number of methoxy groups -OCH3 is 1. The number of halogens is 2. The van der Waals surface area contributed by atoms with Crippen LogP contribution in [0.15, 0.2) is 23.4 Å². The van der Waals surface area contributed by atoms with Crippen LogP contribution < -0.4 is 5.14 Å². The first-order valence-corrected chi connectivity index (χ1v) is 7.67. The number of aromatic nitrogens is 3. The molecule has 0 atom stereocenters. The Kier molecular flexibility index (Phi) is 4.57. The summed E-state index contributed by atoms with van der Waals surface area (Å²) < 4.78 is 42.3. The van der Waals surface area contributed by atoms with Crippen LogP contribution in [0.5, 0.6) is 0 Å². The van der Waals surface area contributed by atoms with Crippen LogP contribution in [-0.2, 0) is 21.3 Å². The fourth-order valence-corrected chi connectivity index (χ4v) is 2.64. The zero-order valence-corrected chi connectivity index (χ0v) is 12.5. The molecular weight excluding hydrogens is 323 g/mol. The van der Waals surface area contributed by atoms with E-state index in [0.717, 1.165) is 6.07 Å². The van der Waals surface area contributed by atoms with Crippen LogP contribution in [0.4, 0.5) is 4.39 Å². The van der Waals surface area contributed by atoms with Crippen LogP contribution in [0.2, 0.25) is 5.02 Å². The molecule has 2 N–H and O–H groups in total. The molecule has 0 bridgehead atoms. The van der Waals surface area contributed by atoms with Crippen molar-refractivity contribution in [2.24, 2.45) is 5.14 Å². The van der Waals surface area contributed by atoms with Gasteiger partial charge in [0.25, 0.3) is 15.2 Å². The normalized spacial score (nSPS) is 11.8. The molecule has 2 aromatic rings. The second-order valence-corrected chi connectivity index (χ2v) is 5.98. The fraction of sp³-hybridized carbons (Fsp3) is 0.273. The van der Waals surface area contributed by atoms with Gasteiger partial charge in [0.05, 0.1) is 18.2 Å². The summed E-state index contributed by atoms with van der Waals surface area (Å²) in [6.07, 6.45) is 0. The molecule has 0 amide bonds. The van der Waals surface area contributed by atoms with Gasteiger partial charge in [-0.15, -0.1) is 10.2 Å². The monoisotopic (exact) mass is 334 g/mol. The van der Waals surface area contributed by atoms with Gasteiger partial charge in [0, 0.05) is 12.7 Å². The summed E-state index contributed by atoms with van der Waals surface area (Å²) in [4.78, 5) is 0. The minimum atomic E-state index is -4.06. The molecule has 1 heterocycles. The lowest BCUT2D eigenvalue weighted by Gasteiger charge is -2.09. The Labute approximate surface area is 125 Å². The van der Waals surface area contributed by atoms with Gasteiger partial charge >= 0.3 is 0 Å². The first-order valence-electron chi connectivity index (χ1n) is 5.75. The minimum absolute atomic E-state index is 0.0852. The molecule has 0 fully saturated rings. The maximum Gasteiger partial charge on any atom is 0.273 e. The van der Waals surface area contributed by atoms with Crippen LogP contribution in [0, 0.1) is 5.82 Å². The highest BCUT2D eigenvalue weighted by molar-refractivity contribution is 7.89. The van der Waals surface area contributed by atoms with E-state index >= 15 is 0 Å². The van der Waals surface area contributed by atoms with Crippen molar-refractivity contribution < 1.29 is 17.5 Å². The predicted octanol–water partition coefficient (Wildman–Crippen LogP) is 1.03. The summed E-state index contributed by atoms with van der Waals surface area (Å²) in [7, 11) is -2.59. The summed E-state index contributed by atoms with van der Waals surface area (Å²) in [5.41, 5.74) is 0.344. The molecule has 0 radical (unpaired) electrons. The van der Waals surface area contributed by atoms with Crippen LogP contribution in [0.3, 0.4) is 0 Å². The predicted molar refractivity (Wildman–Crippen MR) is 73.7 cm³/mol. The van der Waals surface area contributed by atoms with Gasteiger partial charge in [0.1, 0.15) is 5.82 Å². The largest absolute Gasteiger partial charge is 0.383 e. The van der Waals surface area contributed by atoms with Crippen LogP contribution in [-0.4, -0.2) is 36.9 Å². The molecule has 0 aliphatic rings. The Balaban J connectivity index is 2.60. The number of benzene rings is 1. The number of rotatable bonds is 5. The van der Waals surface area contributed by atoms with E-state index in [4.69, 9.17) is 21.5 Å². The lowest BCUT2D eigenvalue weighted by molar-refractivity contribution is 0.185. The highest BCUT2D eigenvalue weighted by Crippen LogP contribution is 2.28. The first kappa shape index (κ1) is 15.8. The SMILES string of the molecule is COCCn1c(-c2ccc(F)cc2Cl)nnc1S(N)(=O)=O. The molecule has 10 heteroatoms. The number of nitrogens with zero attached hydrogens (tertiary/aromatic N) is 3. The van der Waals surface area contributed by atoms with Gasteiger partial charge in [-0.2, -0.15) is 0 Å². The molecule has 21 heavy (non-hydrogen) atoms. The van der Waals surface area contributed by atoms with Crippen molar-refractivity contribution in [2.75, 3.05) is 13.7 Å². The Morgan fingerprint density at radius 1 is 1.43 bits per heavy atom. The van der Waals surface area contributed by atoms with E-state index in [-0.39, 0.29) is 24.0 Å². The van der Waals surface area contributed by atoms with Crippen molar-refractivity contribution in [3.05, 3.63) is 29.0 Å². The standard InChI is InChI=1S/C11H12ClFN4O3S/c1-20-5-4-17-10(15-16-11(17)21(14,18)19)8-3-2-7(13)6-9(8)12/h2-3,6H,4-5H2,1H3,(H2,14,18,19). The van der Waals surface area contributed by atoms with Gasteiger partial charge in [-0.1, -0.05) is 11.6 Å². The van der Waals surface area contributed by atoms with Gasteiger partial charge in [0.2, 0.25) is 0 Å². The highest BCUT2D eigenvalue weighted by Gasteiger charge is 2.23. The second-order valence-electron chi connectivity index (χ2n) is 4.12. The average molecular weight is 335 g/mol. The number of sulfonamides is 1. The molecule has 1 aromatic carbocycles. The Hall–Kier alpha value is -1.55. The molecule has 0 aliphatic heterocycles. The van der Waals surface area contributed by atoms with Crippen molar-refractivity contribution in [1.29, 1.82) is 0 Å². The van der Waals surface area contributed by atoms with Gasteiger partial charge in [-0.05, 0) is 18.2 Å². The summed E-state index contributed by atoms with van der Waals surface area (Å²) in [6.45, 7) is 0.366. The molecular formula is C11H12ClFN4O3S. The maximum absolute atomic E-state index is 13.1. The third kappa shape index (κ3) is 3.38. The topological polar surface area (TPSA) is 100 Å². The maximum atomic E-state index is 13.1. The van der Waals surface area contributed by atoms with E-state index < -0.39 is 21.0 Å². The number of ether oxygens (including phenoxy) is 1. The number of primary sulfonamides is 1. The smallest absolute Gasteiger partial charge is 0.273 e. The number of hydrogen-bond donors (Lipinski definition) is 1. The Bertz CT molecular complexity index is 763. The molecule has 0 saturated carbocycles. The molecule has 1 aromatic heterocycles. The van der Waals surface area contributed by atoms with Crippen molar-refractivity contribution in [3.63, 3.8) is 0 Å². The third-order valence-electron chi connectivity index (χ3n) is 2.66. The second kappa shape index (κ2) is 6.06. The molecule has 0 saturated heterocycles. The average Bonchev–Trinajstić information content (AvgIpc) is 2.79. The van der Waals surface area contributed by atoms with Gasteiger partial charge in [-0.3, -0.25) is 4.57 Å². The summed E-state index contributed by atoms with van der Waals surface area (Å²) in [6, 6.07) is 3.67. The zero-order valence-electron chi connectivity index (χ0n) is 11.0. The quantitative estimate of drug-likeness (QED) is 0.880. The van der Waals surface area contributed by atoms with Gasteiger partial charge < -0.3 is 4.74 Å². The fourth-order valence-electron chi connectivity index (χ4n) is 1.75. The van der Waals surface area contributed by atoms with Crippen molar-refractivity contribution in [1.82, 2.24) is 14.8 Å². The third-order valence-corrected chi connectivity index (χ3v) is 3.79. The summed E-state index contributed by atoms with van der Waals surface area (Å²) in [5, 5.41) is 12.1. The molecule has 7 nitrogen and oxygen atoms in total. The summed E-state index contributed by atoms with van der Waals surface area (Å²) >= 11 is 5.96. The van der Waals surface area contributed by atoms with E-state index in [1.165, 1.54) is 23.8 Å². The van der Waals surface area contributed by atoms with E-state index in [9.17, 15) is 12.8 Å². The van der Waals surface area contributed by atoms with Crippen LogP contribution in [0.1, 0.15) is 0 Å². The van der Waals surface area contributed by atoms with Crippen molar-refractivity contribution in [3.8, 4) is 11.4 Å². The lowest BCUT2D eigenvalue weighted by Crippen LogP contribution is -2.20. The van der Waals surface area contributed by atoms with Crippen molar-refractivity contribution in [2.45, 2.75) is 11.7 Å². The molecule has 2 rings (SSSR count). The minimum Gasteiger partial charge on any atom is -0.383 e. The first-order chi connectivity index (χ1) is 9.84. The van der Waals surface area contributed by atoms with Crippen LogP contribution >= 0.6 is 11.6 Å². The Morgan fingerprint density at radius 3 is 2.71 bits per heavy atom. The zero-order chi connectivity index (χ0) is 15.6. The van der Waals surface area contributed by atoms with E-state index in [1.54, 1.807) is 0 Å². The van der Waals surface area contributed by atoms with Crippen molar-refractivity contribution >= 4 is 21.6 Å². The molecule has 0 aliphatic carbocycles. The molecule has 0 unspecified atom stereocenters. The van der Waals surface area contributed by atoms with E-state index in [1.807, 2.05) is 0 Å². The van der Waals surface area contributed by atoms with E-state index in [2.05, 4.69) is 10.2 Å². The number of nitrogens with two attached hydrogens (primary N) is 1. The van der Waals surface area contributed by atoms with Crippen LogP contribution in [0.25, 0.3) is 11.4 Å². The highest BCUT2D eigenvalue weighted by atomic mass is 35.5. The van der Waals surface area contributed by atoms with E-state index in [0.29, 0.717) is 5.56 Å². The molecule has 114 valence electrons. The number of hydrogen-bond acceptors (Lipinski definition) is 5. The van der Waals surface area contributed by atoms with Gasteiger partial charge in [-0.25, -0.2) is 17.9 Å². The molecule has 0 spiro atoms. The van der Waals surface area contributed by atoms with Gasteiger partial charge in [0.15, 0.2) is 5.82 Å².